The fourth-order valence-corrected chi connectivity index (χ4v) is 4.45. The molecular formula is C21H22FN5. The Morgan fingerprint density at radius 2 is 1.89 bits per heavy atom. The average molecular weight is 363 g/mol. The first-order chi connectivity index (χ1) is 13.1. The van der Waals surface area contributed by atoms with E-state index in [2.05, 4.69) is 4.98 Å². The molecule has 138 valence electrons. The number of aromatic nitrogens is 4. The van der Waals surface area contributed by atoms with Crippen LogP contribution in [0.4, 0.5) is 10.2 Å². The van der Waals surface area contributed by atoms with Gasteiger partial charge in [0.25, 0.3) is 0 Å². The number of imidazole rings is 1. The molecule has 0 amide bonds. The van der Waals surface area contributed by atoms with Crippen molar-refractivity contribution in [3.05, 3.63) is 48.4 Å². The van der Waals surface area contributed by atoms with Gasteiger partial charge in [0.15, 0.2) is 5.82 Å². The van der Waals surface area contributed by atoms with Gasteiger partial charge in [0.05, 0.1) is 5.52 Å². The third-order valence-corrected chi connectivity index (χ3v) is 5.81. The highest BCUT2D eigenvalue weighted by molar-refractivity contribution is 5.91. The number of benzene rings is 1. The molecule has 6 heteroatoms. The maximum Gasteiger partial charge on any atom is 0.156 e. The van der Waals surface area contributed by atoms with E-state index in [4.69, 9.17) is 10.7 Å². The van der Waals surface area contributed by atoms with Gasteiger partial charge in [-0.15, -0.1) is 0 Å². The minimum atomic E-state index is -0.265. The molecule has 0 bridgehead atoms. The lowest BCUT2D eigenvalue weighted by molar-refractivity contribution is 0.428. The Hall–Kier alpha value is -2.89. The monoisotopic (exact) mass is 363 g/mol. The number of halogens is 1. The van der Waals surface area contributed by atoms with Crippen LogP contribution in [-0.2, 0) is 7.05 Å². The van der Waals surface area contributed by atoms with Crippen molar-refractivity contribution in [2.24, 2.45) is 7.05 Å². The van der Waals surface area contributed by atoms with Crippen molar-refractivity contribution in [3.63, 3.8) is 0 Å². The Bertz CT molecular complexity index is 1150. The molecule has 0 saturated heterocycles. The molecule has 0 aliphatic heterocycles. The molecule has 5 nitrogen and oxygen atoms in total. The Balaban J connectivity index is 1.78. The number of aryl methyl sites for hydroxylation is 1. The lowest BCUT2D eigenvalue weighted by Crippen LogP contribution is -2.09. The van der Waals surface area contributed by atoms with E-state index < -0.39 is 0 Å². The van der Waals surface area contributed by atoms with Gasteiger partial charge in [0.2, 0.25) is 0 Å². The number of hydrogen-bond donors (Lipinski definition) is 1. The third kappa shape index (κ3) is 2.43. The van der Waals surface area contributed by atoms with Crippen LogP contribution in [-0.4, -0.2) is 18.9 Å². The van der Waals surface area contributed by atoms with Crippen LogP contribution in [0.1, 0.15) is 43.8 Å². The van der Waals surface area contributed by atoms with E-state index in [-0.39, 0.29) is 5.82 Å². The van der Waals surface area contributed by atoms with Crippen LogP contribution in [0.3, 0.4) is 0 Å². The molecule has 1 saturated carbocycles. The summed E-state index contributed by atoms with van der Waals surface area (Å²) >= 11 is 0. The topological polar surface area (TPSA) is 61.1 Å². The molecule has 2 N–H and O–H groups in total. The van der Waals surface area contributed by atoms with Crippen LogP contribution in [0, 0.1) is 5.82 Å². The number of fused-ring (bicyclic) bond motifs is 2. The minimum absolute atomic E-state index is 0.265. The van der Waals surface area contributed by atoms with Crippen LogP contribution in [0.25, 0.3) is 27.7 Å². The van der Waals surface area contributed by atoms with E-state index >= 15 is 4.39 Å². The van der Waals surface area contributed by atoms with Crippen molar-refractivity contribution in [1.29, 1.82) is 0 Å². The Kier molecular flexibility index (Phi) is 3.67. The average Bonchev–Trinajstić information content (AvgIpc) is 3.25. The minimum Gasteiger partial charge on any atom is -0.382 e. The summed E-state index contributed by atoms with van der Waals surface area (Å²) in [5, 5.41) is 0.876. The number of nitrogens with two attached hydrogens (primary N) is 1. The molecule has 27 heavy (non-hydrogen) atoms. The number of nitrogen functional groups attached to an aromatic ring is 1. The Morgan fingerprint density at radius 3 is 2.70 bits per heavy atom. The van der Waals surface area contributed by atoms with Gasteiger partial charge in [-0.1, -0.05) is 25.3 Å². The molecular weight excluding hydrogens is 341 g/mol. The highest BCUT2D eigenvalue weighted by Crippen LogP contribution is 2.38. The summed E-state index contributed by atoms with van der Waals surface area (Å²) in [6, 6.07) is 5.65. The lowest BCUT2D eigenvalue weighted by Gasteiger charge is -2.20. The summed E-state index contributed by atoms with van der Waals surface area (Å²) in [7, 11) is 1.85. The second-order valence-electron chi connectivity index (χ2n) is 7.48. The highest BCUT2D eigenvalue weighted by Gasteiger charge is 2.25. The van der Waals surface area contributed by atoms with Crippen molar-refractivity contribution in [2.75, 3.05) is 5.73 Å². The summed E-state index contributed by atoms with van der Waals surface area (Å²) in [4.78, 5) is 9.16. The smallest absolute Gasteiger partial charge is 0.156 e. The fourth-order valence-electron chi connectivity index (χ4n) is 4.45. The van der Waals surface area contributed by atoms with Gasteiger partial charge in [-0.3, -0.25) is 4.40 Å². The SMILES string of the molecule is Cn1ccc2ccc(-c3nc(C4CCCCC4)n4ccnc(N)c34)c(F)c21. The van der Waals surface area contributed by atoms with E-state index in [1.54, 1.807) is 16.8 Å². The van der Waals surface area contributed by atoms with Gasteiger partial charge in [-0.05, 0) is 25.0 Å². The zero-order valence-electron chi connectivity index (χ0n) is 15.3. The van der Waals surface area contributed by atoms with Crippen molar-refractivity contribution >= 4 is 22.2 Å². The predicted molar refractivity (Wildman–Crippen MR) is 105 cm³/mol. The molecule has 1 fully saturated rings. The van der Waals surface area contributed by atoms with E-state index in [1.807, 2.05) is 36.0 Å². The van der Waals surface area contributed by atoms with Crippen molar-refractivity contribution in [3.8, 4) is 11.3 Å². The van der Waals surface area contributed by atoms with Gasteiger partial charge in [0, 0.05) is 42.5 Å². The zero-order valence-corrected chi connectivity index (χ0v) is 15.3. The molecule has 0 atom stereocenters. The molecule has 0 unspecified atom stereocenters. The molecule has 5 rings (SSSR count). The van der Waals surface area contributed by atoms with Crippen molar-refractivity contribution < 1.29 is 4.39 Å². The van der Waals surface area contributed by atoms with Gasteiger partial charge in [-0.2, -0.15) is 0 Å². The Morgan fingerprint density at radius 1 is 1.07 bits per heavy atom. The second-order valence-corrected chi connectivity index (χ2v) is 7.48. The largest absolute Gasteiger partial charge is 0.382 e. The van der Waals surface area contributed by atoms with Crippen molar-refractivity contribution in [1.82, 2.24) is 18.9 Å². The maximum absolute atomic E-state index is 15.4. The normalized spacial score (nSPS) is 15.8. The zero-order chi connectivity index (χ0) is 18.5. The van der Waals surface area contributed by atoms with Crippen LogP contribution in [0.2, 0.25) is 0 Å². The van der Waals surface area contributed by atoms with E-state index in [0.717, 1.165) is 24.1 Å². The second kappa shape index (κ2) is 6.08. The maximum atomic E-state index is 15.4. The van der Waals surface area contributed by atoms with Gasteiger partial charge < -0.3 is 10.3 Å². The number of anilines is 1. The molecule has 3 aromatic heterocycles. The summed E-state index contributed by atoms with van der Waals surface area (Å²) in [5.41, 5.74) is 8.55. The molecule has 1 aromatic carbocycles. The Labute approximate surface area is 156 Å². The fraction of sp³-hybridized carbons (Fsp3) is 0.333. The first-order valence-corrected chi connectivity index (χ1v) is 9.51. The van der Waals surface area contributed by atoms with Crippen LogP contribution >= 0.6 is 0 Å². The molecule has 1 aliphatic rings. The quantitative estimate of drug-likeness (QED) is 0.563. The van der Waals surface area contributed by atoms with Crippen LogP contribution in [0.5, 0.6) is 0 Å². The third-order valence-electron chi connectivity index (χ3n) is 5.81. The van der Waals surface area contributed by atoms with Gasteiger partial charge >= 0.3 is 0 Å². The summed E-state index contributed by atoms with van der Waals surface area (Å²) < 4.78 is 19.2. The first kappa shape index (κ1) is 16.3. The van der Waals surface area contributed by atoms with Crippen molar-refractivity contribution in [2.45, 2.75) is 38.0 Å². The molecule has 1 aliphatic carbocycles. The highest BCUT2D eigenvalue weighted by atomic mass is 19.1. The summed E-state index contributed by atoms with van der Waals surface area (Å²) in [5.74, 6) is 1.47. The predicted octanol–water partition coefficient (Wildman–Crippen LogP) is 4.66. The number of nitrogens with zero attached hydrogens (tertiary/aromatic N) is 4. The first-order valence-electron chi connectivity index (χ1n) is 9.51. The van der Waals surface area contributed by atoms with Gasteiger partial charge in [0.1, 0.15) is 22.9 Å². The summed E-state index contributed by atoms with van der Waals surface area (Å²) in [6.45, 7) is 0. The van der Waals surface area contributed by atoms with Crippen LogP contribution < -0.4 is 5.73 Å². The number of hydrogen-bond acceptors (Lipinski definition) is 3. The van der Waals surface area contributed by atoms with E-state index in [9.17, 15) is 0 Å². The van der Waals surface area contributed by atoms with E-state index in [1.165, 1.54) is 19.3 Å². The lowest BCUT2D eigenvalue weighted by atomic mass is 9.89. The molecule has 0 radical (unpaired) electrons. The van der Waals surface area contributed by atoms with E-state index in [0.29, 0.717) is 34.0 Å². The molecule has 4 aromatic rings. The molecule has 0 spiro atoms. The van der Waals surface area contributed by atoms with Crippen LogP contribution in [0.15, 0.2) is 36.8 Å². The van der Waals surface area contributed by atoms with Gasteiger partial charge in [-0.25, -0.2) is 14.4 Å². The summed E-state index contributed by atoms with van der Waals surface area (Å²) in [6.07, 6.45) is 11.4. The molecule has 3 heterocycles. The standard InChI is InChI=1S/C21H22FN5/c1-26-11-9-13-7-8-15(16(22)18(13)26)17-19-20(23)24-10-12-27(19)21(25-17)14-5-3-2-4-6-14/h7-12,14H,2-6H2,1H3,(H2,23,24). The number of rotatable bonds is 2.